The van der Waals surface area contributed by atoms with Crippen LogP contribution in [-0.2, 0) is 11.2 Å². The fourth-order valence-electron chi connectivity index (χ4n) is 1.04. The zero-order valence-corrected chi connectivity index (χ0v) is 7.75. The van der Waals surface area contributed by atoms with Crippen molar-refractivity contribution in [3.8, 4) is 0 Å². The second-order valence-corrected chi connectivity index (χ2v) is 2.97. The highest BCUT2D eigenvalue weighted by molar-refractivity contribution is 5.79. The molecule has 1 rings (SSSR count). The lowest BCUT2D eigenvalue weighted by molar-refractivity contribution is -0.118. The summed E-state index contributed by atoms with van der Waals surface area (Å²) in [5.74, 6) is 1.37. The Bertz CT molecular complexity index is 281. The minimum Gasteiger partial charge on any atom is -0.446 e. The van der Waals surface area contributed by atoms with Gasteiger partial charge in [-0.3, -0.25) is 4.79 Å². The minimum atomic E-state index is 0.132. The topological polar surface area (TPSA) is 69.1 Å². The third kappa shape index (κ3) is 3.38. The van der Waals surface area contributed by atoms with E-state index in [2.05, 4.69) is 4.98 Å². The standard InChI is InChI=1S/C9H14N2O2/c1-7-6-11-9(13-7)5-8(12)3-2-4-10/h6H,2-5,10H2,1H3. The van der Waals surface area contributed by atoms with Gasteiger partial charge >= 0.3 is 0 Å². The second kappa shape index (κ2) is 4.77. The van der Waals surface area contributed by atoms with E-state index in [9.17, 15) is 4.79 Å². The summed E-state index contributed by atoms with van der Waals surface area (Å²) in [5.41, 5.74) is 5.28. The monoisotopic (exact) mass is 182 g/mol. The van der Waals surface area contributed by atoms with E-state index in [-0.39, 0.29) is 12.2 Å². The number of hydrogen-bond acceptors (Lipinski definition) is 4. The van der Waals surface area contributed by atoms with Gasteiger partial charge in [0.1, 0.15) is 11.5 Å². The SMILES string of the molecule is Cc1cnc(CC(=O)CCCN)o1. The van der Waals surface area contributed by atoms with Gasteiger partial charge in [0.05, 0.1) is 12.6 Å². The molecule has 0 aliphatic heterocycles. The van der Waals surface area contributed by atoms with E-state index in [0.717, 1.165) is 12.2 Å². The summed E-state index contributed by atoms with van der Waals surface area (Å²) in [5, 5.41) is 0. The molecular weight excluding hydrogens is 168 g/mol. The van der Waals surface area contributed by atoms with Crippen LogP contribution in [0.2, 0.25) is 0 Å². The van der Waals surface area contributed by atoms with Gasteiger partial charge in [0.15, 0.2) is 0 Å². The summed E-state index contributed by atoms with van der Waals surface area (Å²) in [4.78, 5) is 15.2. The van der Waals surface area contributed by atoms with E-state index < -0.39 is 0 Å². The predicted molar refractivity (Wildman–Crippen MR) is 48.2 cm³/mol. The Balaban J connectivity index is 2.36. The number of Topliss-reactive ketones (excluding diaryl/α,β-unsaturated/α-hetero) is 1. The van der Waals surface area contributed by atoms with Crippen molar-refractivity contribution in [3.05, 3.63) is 17.8 Å². The molecule has 0 aromatic carbocycles. The van der Waals surface area contributed by atoms with Crippen LogP contribution in [0, 0.1) is 6.92 Å². The highest BCUT2D eigenvalue weighted by Crippen LogP contribution is 2.04. The molecule has 1 aromatic heterocycles. The summed E-state index contributed by atoms with van der Waals surface area (Å²) < 4.78 is 5.17. The van der Waals surface area contributed by atoms with E-state index in [1.807, 2.05) is 0 Å². The van der Waals surface area contributed by atoms with Gasteiger partial charge in [0.25, 0.3) is 0 Å². The molecule has 0 spiro atoms. The number of rotatable bonds is 5. The van der Waals surface area contributed by atoms with Crippen molar-refractivity contribution in [3.63, 3.8) is 0 Å². The van der Waals surface area contributed by atoms with Crippen LogP contribution >= 0.6 is 0 Å². The number of carbonyl (C=O) groups excluding carboxylic acids is 1. The number of aryl methyl sites for hydroxylation is 1. The van der Waals surface area contributed by atoms with Crippen molar-refractivity contribution in [2.75, 3.05) is 6.54 Å². The maximum absolute atomic E-state index is 11.2. The Morgan fingerprint density at radius 1 is 1.69 bits per heavy atom. The molecule has 0 radical (unpaired) electrons. The number of aromatic nitrogens is 1. The van der Waals surface area contributed by atoms with Gasteiger partial charge in [-0.2, -0.15) is 0 Å². The van der Waals surface area contributed by atoms with Crippen molar-refractivity contribution in [2.45, 2.75) is 26.2 Å². The molecule has 4 nitrogen and oxygen atoms in total. The fourth-order valence-corrected chi connectivity index (χ4v) is 1.04. The molecule has 1 aromatic rings. The van der Waals surface area contributed by atoms with Crippen molar-refractivity contribution in [1.29, 1.82) is 0 Å². The largest absolute Gasteiger partial charge is 0.446 e. The number of carbonyl (C=O) groups is 1. The average Bonchev–Trinajstić information content (AvgIpc) is 2.48. The molecule has 0 amide bonds. The Morgan fingerprint density at radius 3 is 3.00 bits per heavy atom. The predicted octanol–water partition coefficient (Wildman–Crippen LogP) is 0.834. The Hall–Kier alpha value is -1.16. The summed E-state index contributed by atoms with van der Waals surface area (Å²) in [6.07, 6.45) is 3.15. The molecule has 1 heterocycles. The Labute approximate surface area is 77.1 Å². The molecule has 0 saturated heterocycles. The number of ketones is 1. The molecule has 0 saturated carbocycles. The van der Waals surface area contributed by atoms with Gasteiger partial charge < -0.3 is 10.2 Å². The molecule has 0 aliphatic carbocycles. The van der Waals surface area contributed by atoms with E-state index >= 15 is 0 Å². The van der Waals surface area contributed by atoms with E-state index in [4.69, 9.17) is 10.2 Å². The maximum Gasteiger partial charge on any atom is 0.201 e. The first-order valence-corrected chi connectivity index (χ1v) is 4.35. The van der Waals surface area contributed by atoms with Crippen LogP contribution in [0.15, 0.2) is 10.6 Å². The van der Waals surface area contributed by atoms with Crippen LogP contribution in [0.3, 0.4) is 0 Å². The normalized spacial score (nSPS) is 10.3. The smallest absolute Gasteiger partial charge is 0.201 e. The molecule has 0 fully saturated rings. The van der Waals surface area contributed by atoms with Gasteiger partial charge in [-0.25, -0.2) is 4.98 Å². The van der Waals surface area contributed by atoms with Crippen molar-refractivity contribution < 1.29 is 9.21 Å². The quantitative estimate of drug-likeness (QED) is 0.732. The first-order valence-electron chi connectivity index (χ1n) is 4.35. The number of nitrogens with two attached hydrogens (primary N) is 1. The number of oxazole rings is 1. The first kappa shape index (κ1) is 9.92. The average molecular weight is 182 g/mol. The lowest BCUT2D eigenvalue weighted by Crippen LogP contribution is -2.07. The lowest BCUT2D eigenvalue weighted by atomic mass is 10.2. The van der Waals surface area contributed by atoms with Crippen molar-refractivity contribution in [1.82, 2.24) is 4.98 Å². The molecular formula is C9H14N2O2. The Morgan fingerprint density at radius 2 is 2.46 bits per heavy atom. The summed E-state index contributed by atoms with van der Waals surface area (Å²) >= 11 is 0. The van der Waals surface area contributed by atoms with E-state index in [1.165, 1.54) is 0 Å². The number of hydrogen-bond donors (Lipinski definition) is 1. The lowest BCUT2D eigenvalue weighted by Gasteiger charge is -1.95. The summed E-state index contributed by atoms with van der Waals surface area (Å²) in [7, 11) is 0. The van der Waals surface area contributed by atoms with Crippen LogP contribution < -0.4 is 5.73 Å². The van der Waals surface area contributed by atoms with Crippen LogP contribution in [-0.4, -0.2) is 17.3 Å². The molecule has 0 bridgehead atoms. The molecule has 2 N–H and O–H groups in total. The molecule has 0 atom stereocenters. The summed E-state index contributed by atoms with van der Waals surface area (Å²) in [6, 6.07) is 0. The van der Waals surface area contributed by atoms with E-state index in [0.29, 0.717) is 18.9 Å². The highest BCUT2D eigenvalue weighted by atomic mass is 16.4. The van der Waals surface area contributed by atoms with Crippen LogP contribution in [0.4, 0.5) is 0 Å². The van der Waals surface area contributed by atoms with Gasteiger partial charge in [-0.05, 0) is 19.9 Å². The van der Waals surface area contributed by atoms with Crippen molar-refractivity contribution >= 4 is 5.78 Å². The van der Waals surface area contributed by atoms with Crippen LogP contribution in [0.1, 0.15) is 24.5 Å². The summed E-state index contributed by atoms with van der Waals surface area (Å²) in [6.45, 7) is 2.36. The second-order valence-electron chi connectivity index (χ2n) is 2.97. The maximum atomic E-state index is 11.2. The number of nitrogens with zero attached hydrogens (tertiary/aromatic N) is 1. The molecule has 0 aliphatic rings. The first-order chi connectivity index (χ1) is 6.22. The molecule has 0 unspecified atom stereocenters. The zero-order valence-electron chi connectivity index (χ0n) is 7.75. The van der Waals surface area contributed by atoms with Gasteiger partial charge in [-0.1, -0.05) is 0 Å². The fraction of sp³-hybridized carbons (Fsp3) is 0.556. The third-order valence-electron chi connectivity index (χ3n) is 1.68. The van der Waals surface area contributed by atoms with Crippen molar-refractivity contribution in [2.24, 2.45) is 5.73 Å². The molecule has 4 heteroatoms. The van der Waals surface area contributed by atoms with Crippen LogP contribution in [0.25, 0.3) is 0 Å². The van der Waals surface area contributed by atoms with Gasteiger partial charge in [0.2, 0.25) is 5.89 Å². The minimum absolute atomic E-state index is 0.132. The molecule has 72 valence electrons. The van der Waals surface area contributed by atoms with E-state index in [1.54, 1.807) is 13.1 Å². The van der Waals surface area contributed by atoms with Gasteiger partial charge in [0, 0.05) is 6.42 Å². The zero-order chi connectivity index (χ0) is 9.68. The Kier molecular flexibility index (Phi) is 3.64. The van der Waals surface area contributed by atoms with Crippen LogP contribution in [0.5, 0.6) is 0 Å². The highest BCUT2D eigenvalue weighted by Gasteiger charge is 2.07. The molecule has 13 heavy (non-hydrogen) atoms. The van der Waals surface area contributed by atoms with Gasteiger partial charge in [-0.15, -0.1) is 0 Å². The third-order valence-corrected chi connectivity index (χ3v) is 1.68.